The van der Waals surface area contributed by atoms with Crippen LogP contribution in [0, 0.1) is 22.3 Å². The molecule has 4 nitrogen and oxygen atoms in total. The van der Waals surface area contributed by atoms with Crippen LogP contribution < -0.4 is 10.7 Å². The van der Waals surface area contributed by atoms with Gasteiger partial charge in [-0.05, 0) is 126 Å². The van der Waals surface area contributed by atoms with E-state index >= 15 is 22.0 Å². The van der Waals surface area contributed by atoms with Gasteiger partial charge in [0.25, 0.3) is 0 Å². The minimum atomic E-state index is -4.90. The SMILES string of the molecule is Fc1cc(F)cc(-c2cc(-n3c4c(c5c3=c3c(c6c(n3-c3ccccc3)=CC=CC6)CC5)CC=CC=4)c(C(F)(F)F)cc2-n2c3ccccc3c3ccc4c5ccccc5n(-c5ccccc5)c4c32)c1. The molecule has 0 atom stereocenters. The fraction of sp³-hybridized carbons (Fsp3) is 0.0820. The molecule has 0 amide bonds. The Morgan fingerprint density at radius 1 is 0.429 bits per heavy atom. The van der Waals surface area contributed by atoms with Gasteiger partial charge in [0.1, 0.15) is 11.6 Å². The van der Waals surface area contributed by atoms with Crippen LogP contribution in [-0.2, 0) is 31.9 Å². The highest BCUT2D eigenvalue weighted by atomic mass is 19.4. The molecule has 0 saturated heterocycles. The van der Waals surface area contributed by atoms with Crippen molar-refractivity contribution < 1.29 is 22.0 Å². The Kier molecular flexibility index (Phi) is 8.72. The minimum absolute atomic E-state index is 0.104. The highest BCUT2D eigenvalue weighted by Crippen LogP contribution is 2.46. The lowest BCUT2D eigenvalue weighted by atomic mass is 9.93. The Labute approximate surface area is 397 Å². The van der Waals surface area contributed by atoms with Gasteiger partial charge in [-0.3, -0.25) is 0 Å². The third-order valence-electron chi connectivity index (χ3n) is 14.7. The molecular formula is C61H39F5N4. The fourth-order valence-electron chi connectivity index (χ4n) is 12.0. The topological polar surface area (TPSA) is 19.7 Å². The van der Waals surface area contributed by atoms with Gasteiger partial charge >= 0.3 is 6.18 Å². The molecule has 338 valence electrons. The maximum Gasteiger partial charge on any atom is 0.418 e. The number of hydrogen-bond acceptors (Lipinski definition) is 0. The summed E-state index contributed by atoms with van der Waals surface area (Å²) in [7, 11) is 0. The molecule has 7 aromatic carbocycles. The van der Waals surface area contributed by atoms with Crippen molar-refractivity contribution in [3.8, 4) is 33.9 Å². The molecule has 3 aliphatic rings. The summed E-state index contributed by atoms with van der Waals surface area (Å²) in [4.78, 5) is 0. The lowest BCUT2D eigenvalue weighted by Crippen LogP contribution is -2.24. The van der Waals surface area contributed by atoms with Gasteiger partial charge in [-0.1, -0.05) is 109 Å². The van der Waals surface area contributed by atoms with Crippen molar-refractivity contribution in [1.82, 2.24) is 18.3 Å². The summed E-state index contributed by atoms with van der Waals surface area (Å²) in [6.45, 7) is 0. The van der Waals surface area contributed by atoms with E-state index in [1.54, 1.807) is 4.57 Å². The molecule has 0 spiro atoms. The summed E-state index contributed by atoms with van der Waals surface area (Å²) in [6.07, 6.45) is 9.85. The smallest absolute Gasteiger partial charge is 0.308 e. The second-order valence-electron chi connectivity index (χ2n) is 18.4. The van der Waals surface area contributed by atoms with Crippen molar-refractivity contribution in [2.75, 3.05) is 0 Å². The second kappa shape index (κ2) is 15.0. The zero-order valence-corrected chi connectivity index (χ0v) is 37.4. The van der Waals surface area contributed by atoms with Crippen molar-refractivity contribution in [3.63, 3.8) is 0 Å². The molecule has 11 aromatic rings. The lowest BCUT2D eigenvalue weighted by Gasteiger charge is -2.23. The van der Waals surface area contributed by atoms with Gasteiger partial charge in [0.15, 0.2) is 0 Å². The number of para-hydroxylation sites is 4. The van der Waals surface area contributed by atoms with Gasteiger partial charge in [-0.2, -0.15) is 13.2 Å². The van der Waals surface area contributed by atoms with Crippen molar-refractivity contribution >= 4 is 55.8 Å². The third kappa shape index (κ3) is 5.81. The number of rotatable bonds is 5. The minimum Gasteiger partial charge on any atom is -0.308 e. The van der Waals surface area contributed by atoms with Crippen LogP contribution in [0.25, 0.3) is 89.6 Å². The molecule has 70 heavy (non-hydrogen) atoms. The van der Waals surface area contributed by atoms with Gasteiger partial charge in [-0.25, -0.2) is 8.78 Å². The van der Waals surface area contributed by atoms with Crippen molar-refractivity contribution in [2.45, 2.75) is 31.9 Å². The maximum absolute atomic E-state index is 16.7. The Morgan fingerprint density at radius 2 is 0.929 bits per heavy atom. The number of benzene rings is 7. The molecule has 0 saturated carbocycles. The maximum atomic E-state index is 16.7. The lowest BCUT2D eigenvalue weighted by molar-refractivity contribution is -0.137. The number of alkyl halides is 3. The first-order valence-corrected chi connectivity index (χ1v) is 23.5. The molecule has 0 fully saturated rings. The average Bonchev–Trinajstić information content (AvgIpc) is 4.11. The van der Waals surface area contributed by atoms with E-state index in [0.29, 0.717) is 41.0 Å². The summed E-state index contributed by atoms with van der Waals surface area (Å²) < 4.78 is 89.8. The number of halogens is 5. The Balaban J connectivity index is 1.20. The zero-order valence-electron chi connectivity index (χ0n) is 37.4. The van der Waals surface area contributed by atoms with E-state index in [4.69, 9.17) is 0 Å². The first kappa shape index (κ1) is 40.6. The van der Waals surface area contributed by atoms with Crippen LogP contribution in [0.1, 0.15) is 27.8 Å². The molecule has 14 rings (SSSR count). The van der Waals surface area contributed by atoms with E-state index in [-0.39, 0.29) is 22.5 Å². The first-order chi connectivity index (χ1) is 34.2. The molecule has 3 aliphatic carbocycles. The number of fused-ring (bicyclic) bond motifs is 13. The van der Waals surface area contributed by atoms with Crippen LogP contribution in [-0.4, -0.2) is 18.3 Å². The second-order valence-corrected chi connectivity index (χ2v) is 18.4. The predicted octanol–water partition coefficient (Wildman–Crippen LogP) is 13.6. The van der Waals surface area contributed by atoms with Crippen LogP contribution in [0.15, 0.2) is 176 Å². The zero-order chi connectivity index (χ0) is 47.0. The summed E-state index contributed by atoms with van der Waals surface area (Å²) in [5, 5.41) is 6.72. The van der Waals surface area contributed by atoms with Crippen LogP contribution in [0.5, 0.6) is 0 Å². The van der Waals surface area contributed by atoms with E-state index < -0.39 is 23.4 Å². The van der Waals surface area contributed by atoms with E-state index in [2.05, 4.69) is 33.4 Å². The molecular weight excluding hydrogens is 884 g/mol. The molecule has 0 bridgehead atoms. The van der Waals surface area contributed by atoms with Gasteiger partial charge in [-0.15, -0.1) is 0 Å². The van der Waals surface area contributed by atoms with E-state index in [1.165, 1.54) is 24.3 Å². The summed E-state index contributed by atoms with van der Waals surface area (Å²) in [5.41, 5.74) is 8.49. The van der Waals surface area contributed by atoms with E-state index in [1.807, 2.05) is 138 Å². The van der Waals surface area contributed by atoms with Gasteiger partial charge in [0, 0.05) is 44.5 Å². The largest absolute Gasteiger partial charge is 0.418 e. The molecule has 0 unspecified atom stereocenters. The van der Waals surface area contributed by atoms with Gasteiger partial charge in [0.05, 0.1) is 60.4 Å². The molecule has 0 N–H and O–H groups in total. The number of aromatic nitrogens is 4. The Bertz CT molecular complexity index is 4330. The number of hydrogen-bond donors (Lipinski definition) is 0. The number of nitrogens with zero attached hydrogens (tertiary/aromatic N) is 4. The molecule has 0 radical (unpaired) electrons. The van der Waals surface area contributed by atoms with Crippen LogP contribution in [0.4, 0.5) is 22.0 Å². The fourth-order valence-corrected chi connectivity index (χ4v) is 12.0. The van der Waals surface area contributed by atoms with Crippen LogP contribution >= 0.6 is 0 Å². The summed E-state index contributed by atoms with van der Waals surface area (Å²) in [6, 6.07) is 45.7. The third-order valence-corrected chi connectivity index (χ3v) is 14.7. The van der Waals surface area contributed by atoms with E-state index in [0.717, 1.165) is 89.4 Å². The number of allylic oxidation sites excluding steroid dienone is 4. The highest BCUT2D eigenvalue weighted by molar-refractivity contribution is 6.24. The highest BCUT2D eigenvalue weighted by Gasteiger charge is 2.38. The first-order valence-electron chi connectivity index (χ1n) is 23.5. The summed E-state index contributed by atoms with van der Waals surface area (Å²) >= 11 is 0. The standard InChI is InChI=1S/C61H39F5N4/c62-37-31-36(32-38(63)33-37)49-34-56(70-54-26-14-10-22-44(54)48-30-28-46-42-20-8-12-24-52(42)68(58(46)60(48)70)40-17-5-2-6-18-40)50(61(64,65)66)35-55(49)69-53-25-13-9-21-43(53)47-29-27-45-41-19-7-11-23-51(41)67(57(45)59(47)69)39-15-3-1-4-16-39/h1-19,21,23-27,29,31-35H,20,22,28,30H2. The molecule has 0 aliphatic heterocycles. The molecule has 4 aromatic heterocycles. The monoisotopic (exact) mass is 922 g/mol. The quantitative estimate of drug-likeness (QED) is 0.153. The summed E-state index contributed by atoms with van der Waals surface area (Å²) in [5.74, 6) is -1.68. The Morgan fingerprint density at radius 3 is 1.51 bits per heavy atom. The van der Waals surface area contributed by atoms with Crippen molar-refractivity contribution in [2.24, 2.45) is 0 Å². The molecule has 4 heterocycles. The Hall–Kier alpha value is -8.43. The average molecular weight is 923 g/mol. The van der Waals surface area contributed by atoms with Crippen molar-refractivity contribution in [1.29, 1.82) is 0 Å². The van der Waals surface area contributed by atoms with Crippen LogP contribution in [0.2, 0.25) is 0 Å². The predicted molar refractivity (Wildman–Crippen MR) is 270 cm³/mol. The van der Waals surface area contributed by atoms with Crippen LogP contribution in [0.3, 0.4) is 0 Å². The molecule has 9 heteroatoms. The van der Waals surface area contributed by atoms with Gasteiger partial charge < -0.3 is 18.3 Å². The van der Waals surface area contributed by atoms with Crippen molar-refractivity contribution in [3.05, 3.63) is 237 Å². The van der Waals surface area contributed by atoms with Gasteiger partial charge in [0.2, 0.25) is 0 Å². The van der Waals surface area contributed by atoms with E-state index in [9.17, 15) is 0 Å². The normalized spacial score (nSPS) is 14.0.